The number of hydrogen-bond acceptors (Lipinski definition) is 6. The summed E-state index contributed by atoms with van der Waals surface area (Å²) in [6.07, 6.45) is -1.19. The van der Waals surface area contributed by atoms with Gasteiger partial charge in [-0.15, -0.1) is 0 Å². The zero-order valence-corrected chi connectivity index (χ0v) is 17.4. The van der Waals surface area contributed by atoms with E-state index in [1.807, 2.05) is 12.1 Å². The van der Waals surface area contributed by atoms with Gasteiger partial charge in [0.15, 0.2) is 11.5 Å². The summed E-state index contributed by atoms with van der Waals surface area (Å²) < 4.78 is 43.6. The molecule has 0 spiro atoms. The molecule has 0 radical (unpaired) electrons. The zero-order chi connectivity index (χ0) is 21.1. The van der Waals surface area contributed by atoms with Crippen LogP contribution in [0, 0.1) is 0 Å². The van der Waals surface area contributed by atoms with Crippen molar-refractivity contribution in [2.75, 3.05) is 26.3 Å². The number of amides is 1. The number of nitrogens with zero attached hydrogens (tertiary/aromatic N) is 1. The lowest BCUT2D eigenvalue weighted by Gasteiger charge is -2.31. The van der Waals surface area contributed by atoms with E-state index in [0.717, 1.165) is 5.56 Å². The van der Waals surface area contributed by atoms with Gasteiger partial charge in [-0.2, -0.15) is 4.31 Å². The Morgan fingerprint density at radius 2 is 1.67 bits per heavy atom. The van der Waals surface area contributed by atoms with Crippen LogP contribution < -0.4 is 14.8 Å². The lowest BCUT2D eigenvalue weighted by atomic mass is 10.1. The van der Waals surface area contributed by atoms with E-state index in [1.54, 1.807) is 43.3 Å². The first-order valence-corrected chi connectivity index (χ1v) is 11.3. The standard InChI is InChI=1S/C21H24N2O6S/c1-15-20(29-19-5-3-2-4-18(19)28-15)21(24)22-14-16-6-8-17(9-7-16)30(25,26)23-10-12-27-13-11-23/h2-9,15,20H,10-14H2,1H3,(H,22,24)/t15-,20-/m1/s1. The highest BCUT2D eigenvalue weighted by molar-refractivity contribution is 7.89. The number of nitrogens with one attached hydrogen (secondary N) is 1. The molecular formula is C21H24N2O6S. The lowest BCUT2D eigenvalue weighted by Crippen LogP contribution is -2.48. The van der Waals surface area contributed by atoms with Gasteiger partial charge in [0.25, 0.3) is 5.91 Å². The number of sulfonamides is 1. The predicted molar refractivity (Wildman–Crippen MR) is 109 cm³/mol. The summed E-state index contributed by atoms with van der Waals surface area (Å²) in [6, 6.07) is 13.7. The fraction of sp³-hybridized carbons (Fsp3) is 0.381. The molecule has 4 rings (SSSR count). The van der Waals surface area contributed by atoms with E-state index in [4.69, 9.17) is 14.2 Å². The Hall–Kier alpha value is -2.62. The Kier molecular flexibility index (Phi) is 5.94. The Bertz CT molecular complexity index is 1000. The monoisotopic (exact) mass is 432 g/mol. The van der Waals surface area contributed by atoms with Crippen LogP contribution in [-0.2, 0) is 26.1 Å². The molecule has 2 aromatic rings. The highest BCUT2D eigenvalue weighted by atomic mass is 32.2. The van der Waals surface area contributed by atoms with Crippen molar-refractivity contribution in [3.8, 4) is 11.5 Å². The Labute approximate surface area is 175 Å². The third-order valence-electron chi connectivity index (χ3n) is 5.10. The first kappa shape index (κ1) is 20.6. The molecule has 0 aliphatic carbocycles. The van der Waals surface area contributed by atoms with Crippen molar-refractivity contribution in [3.05, 3.63) is 54.1 Å². The molecule has 2 heterocycles. The molecule has 0 saturated carbocycles. The fourth-order valence-electron chi connectivity index (χ4n) is 3.41. The maximum absolute atomic E-state index is 12.7. The molecular weight excluding hydrogens is 408 g/mol. The van der Waals surface area contributed by atoms with Gasteiger partial charge < -0.3 is 19.5 Å². The number of rotatable bonds is 5. The second-order valence-corrected chi connectivity index (χ2v) is 9.12. The van der Waals surface area contributed by atoms with E-state index in [0.29, 0.717) is 37.8 Å². The molecule has 2 aliphatic heterocycles. The molecule has 160 valence electrons. The summed E-state index contributed by atoms with van der Waals surface area (Å²) in [5.74, 6) is 0.863. The van der Waals surface area contributed by atoms with Gasteiger partial charge in [0.05, 0.1) is 18.1 Å². The van der Waals surface area contributed by atoms with Crippen LogP contribution in [0.15, 0.2) is 53.4 Å². The summed E-state index contributed by atoms with van der Waals surface area (Å²) in [4.78, 5) is 12.8. The van der Waals surface area contributed by atoms with Crippen molar-refractivity contribution >= 4 is 15.9 Å². The molecule has 1 fully saturated rings. The lowest BCUT2D eigenvalue weighted by molar-refractivity contribution is -0.133. The van der Waals surface area contributed by atoms with Crippen molar-refractivity contribution in [3.63, 3.8) is 0 Å². The highest BCUT2D eigenvalue weighted by Gasteiger charge is 2.34. The van der Waals surface area contributed by atoms with Gasteiger partial charge in [-0.3, -0.25) is 4.79 Å². The largest absolute Gasteiger partial charge is 0.482 e. The zero-order valence-electron chi connectivity index (χ0n) is 16.6. The van der Waals surface area contributed by atoms with Crippen LogP contribution in [-0.4, -0.2) is 57.1 Å². The van der Waals surface area contributed by atoms with Crippen molar-refractivity contribution in [2.24, 2.45) is 0 Å². The van der Waals surface area contributed by atoms with Crippen molar-refractivity contribution in [1.82, 2.24) is 9.62 Å². The van der Waals surface area contributed by atoms with Gasteiger partial charge in [-0.05, 0) is 36.8 Å². The Balaban J connectivity index is 1.37. The second-order valence-electron chi connectivity index (χ2n) is 7.19. The predicted octanol–water partition coefficient (Wildman–Crippen LogP) is 1.55. The number of carbonyl (C=O) groups excluding carboxylic acids is 1. The van der Waals surface area contributed by atoms with Gasteiger partial charge in [0.2, 0.25) is 16.1 Å². The van der Waals surface area contributed by atoms with Gasteiger partial charge in [0, 0.05) is 19.6 Å². The minimum Gasteiger partial charge on any atom is -0.482 e. The normalized spacial score (nSPS) is 21.8. The van der Waals surface area contributed by atoms with Crippen LogP contribution in [0.4, 0.5) is 0 Å². The maximum atomic E-state index is 12.7. The topological polar surface area (TPSA) is 94.2 Å². The van der Waals surface area contributed by atoms with Gasteiger partial charge >= 0.3 is 0 Å². The van der Waals surface area contributed by atoms with Crippen LogP contribution in [0.5, 0.6) is 11.5 Å². The van der Waals surface area contributed by atoms with Crippen LogP contribution in [0.3, 0.4) is 0 Å². The molecule has 9 heteroatoms. The van der Waals surface area contributed by atoms with E-state index < -0.39 is 22.2 Å². The summed E-state index contributed by atoms with van der Waals surface area (Å²) in [5.41, 5.74) is 0.786. The number of ether oxygens (including phenoxy) is 3. The van der Waals surface area contributed by atoms with E-state index >= 15 is 0 Å². The molecule has 1 N–H and O–H groups in total. The summed E-state index contributed by atoms with van der Waals surface area (Å²) in [7, 11) is -3.53. The number of carbonyl (C=O) groups is 1. The molecule has 0 aromatic heterocycles. The van der Waals surface area contributed by atoms with Crippen LogP contribution in [0.2, 0.25) is 0 Å². The van der Waals surface area contributed by atoms with Gasteiger partial charge in [-0.1, -0.05) is 24.3 Å². The summed E-state index contributed by atoms with van der Waals surface area (Å²) in [6.45, 7) is 3.55. The molecule has 0 unspecified atom stereocenters. The van der Waals surface area contributed by atoms with Gasteiger partial charge in [-0.25, -0.2) is 8.42 Å². The quantitative estimate of drug-likeness (QED) is 0.771. The number of morpholine rings is 1. The molecule has 2 aromatic carbocycles. The molecule has 0 bridgehead atoms. The van der Waals surface area contributed by atoms with Crippen molar-refractivity contribution in [2.45, 2.75) is 30.6 Å². The van der Waals surface area contributed by atoms with E-state index in [1.165, 1.54) is 4.31 Å². The average Bonchev–Trinajstić information content (AvgIpc) is 2.78. The van der Waals surface area contributed by atoms with E-state index in [2.05, 4.69) is 5.32 Å². The third kappa shape index (κ3) is 4.28. The van der Waals surface area contributed by atoms with Crippen LogP contribution in [0.25, 0.3) is 0 Å². The molecule has 2 aliphatic rings. The second kappa shape index (κ2) is 8.63. The SMILES string of the molecule is C[C@H]1Oc2ccccc2O[C@H]1C(=O)NCc1ccc(S(=O)(=O)N2CCOCC2)cc1. The number of para-hydroxylation sites is 2. The number of fused-ring (bicyclic) bond motifs is 1. The van der Waals surface area contributed by atoms with Crippen LogP contribution >= 0.6 is 0 Å². The van der Waals surface area contributed by atoms with E-state index in [9.17, 15) is 13.2 Å². The smallest absolute Gasteiger partial charge is 0.265 e. The molecule has 30 heavy (non-hydrogen) atoms. The Morgan fingerprint density at radius 1 is 1.03 bits per heavy atom. The molecule has 2 atom stereocenters. The van der Waals surface area contributed by atoms with Crippen molar-refractivity contribution in [1.29, 1.82) is 0 Å². The molecule has 8 nitrogen and oxygen atoms in total. The summed E-state index contributed by atoms with van der Waals surface area (Å²) >= 11 is 0. The maximum Gasteiger partial charge on any atom is 0.265 e. The number of benzene rings is 2. The highest BCUT2D eigenvalue weighted by Crippen LogP contribution is 2.33. The fourth-order valence-corrected chi connectivity index (χ4v) is 4.82. The first-order valence-electron chi connectivity index (χ1n) is 9.82. The van der Waals surface area contributed by atoms with E-state index in [-0.39, 0.29) is 17.3 Å². The minimum atomic E-state index is -3.53. The summed E-state index contributed by atoms with van der Waals surface area (Å²) in [5, 5.41) is 2.83. The first-order chi connectivity index (χ1) is 14.4. The third-order valence-corrected chi connectivity index (χ3v) is 7.01. The minimum absolute atomic E-state index is 0.230. The van der Waals surface area contributed by atoms with Gasteiger partial charge in [0.1, 0.15) is 6.10 Å². The van der Waals surface area contributed by atoms with Crippen LogP contribution in [0.1, 0.15) is 12.5 Å². The average molecular weight is 432 g/mol. The Morgan fingerprint density at radius 3 is 2.33 bits per heavy atom. The van der Waals surface area contributed by atoms with Crippen molar-refractivity contribution < 1.29 is 27.4 Å². The number of hydrogen-bond donors (Lipinski definition) is 1. The molecule has 1 amide bonds. The molecule has 1 saturated heterocycles.